The Kier molecular flexibility index (Phi) is 2.95. The van der Waals surface area contributed by atoms with Gasteiger partial charge in [0, 0.05) is 18.8 Å². The fourth-order valence-electron chi connectivity index (χ4n) is 2.53. The Labute approximate surface area is 112 Å². The van der Waals surface area contributed by atoms with Crippen LogP contribution in [0.3, 0.4) is 0 Å². The molecular formula is C16H16N2O. The van der Waals surface area contributed by atoms with Gasteiger partial charge < -0.3 is 10.6 Å². The molecule has 1 amide bonds. The van der Waals surface area contributed by atoms with Crippen LogP contribution in [0.15, 0.2) is 48.5 Å². The number of hydrogen-bond acceptors (Lipinski definition) is 2. The lowest BCUT2D eigenvalue weighted by atomic mass is 9.99. The number of nitrogens with two attached hydrogens (primary N) is 1. The van der Waals surface area contributed by atoms with Gasteiger partial charge in [0.1, 0.15) is 0 Å². The first-order chi connectivity index (χ1) is 9.25. The van der Waals surface area contributed by atoms with E-state index in [1.807, 2.05) is 29.2 Å². The van der Waals surface area contributed by atoms with Crippen molar-refractivity contribution in [2.75, 3.05) is 12.3 Å². The fraction of sp³-hybridized carbons (Fsp3) is 0.188. The summed E-state index contributed by atoms with van der Waals surface area (Å²) in [4.78, 5) is 14.3. The third kappa shape index (κ3) is 2.19. The molecule has 2 aromatic rings. The van der Waals surface area contributed by atoms with Gasteiger partial charge in [0.15, 0.2) is 0 Å². The molecule has 0 aliphatic carbocycles. The van der Waals surface area contributed by atoms with Crippen LogP contribution in [-0.4, -0.2) is 17.4 Å². The van der Waals surface area contributed by atoms with Gasteiger partial charge in [-0.2, -0.15) is 0 Å². The lowest BCUT2D eigenvalue weighted by Gasteiger charge is -2.29. The molecule has 1 heterocycles. The van der Waals surface area contributed by atoms with E-state index in [1.54, 1.807) is 12.1 Å². The molecule has 0 saturated carbocycles. The van der Waals surface area contributed by atoms with Crippen molar-refractivity contribution in [1.82, 2.24) is 4.90 Å². The minimum Gasteiger partial charge on any atom is -0.398 e. The van der Waals surface area contributed by atoms with Gasteiger partial charge in [-0.1, -0.05) is 36.4 Å². The van der Waals surface area contributed by atoms with Gasteiger partial charge >= 0.3 is 0 Å². The number of carbonyl (C=O) groups is 1. The molecule has 0 atom stereocenters. The van der Waals surface area contributed by atoms with Gasteiger partial charge in [-0.05, 0) is 29.7 Å². The second kappa shape index (κ2) is 4.76. The minimum atomic E-state index is 0.0209. The maximum Gasteiger partial charge on any atom is 0.256 e. The van der Waals surface area contributed by atoms with E-state index in [-0.39, 0.29) is 5.91 Å². The Morgan fingerprint density at radius 2 is 1.68 bits per heavy atom. The number of nitrogen functional groups attached to an aromatic ring is 1. The summed E-state index contributed by atoms with van der Waals surface area (Å²) < 4.78 is 0. The van der Waals surface area contributed by atoms with Crippen molar-refractivity contribution in [2.24, 2.45) is 0 Å². The first kappa shape index (κ1) is 11.8. The monoisotopic (exact) mass is 252 g/mol. The summed E-state index contributed by atoms with van der Waals surface area (Å²) in [6.45, 7) is 1.42. The van der Waals surface area contributed by atoms with Crippen molar-refractivity contribution in [1.29, 1.82) is 0 Å². The average Bonchev–Trinajstić information content (AvgIpc) is 2.46. The lowest BCUT2D eigenvalue weighted by Crippen LogP contribution is -2.36. The van der Waals surface area contributed by atoms with Crippen LogP contribution in [0.1, 0.15) is 21.5 Å². The summed E-state index contributed by atoms with van der Waals surface area (Å²) >= 11 is 0. The number of carbonyl (C=O) groups excluding carboxylic acids is 1. The maximum atomic E-state index is 12.5. The van der Waals surface area contributed by atoms with Crippen molar-refractivity contribution in [3.8, 4) is 0 Å². The quantitative estimate of drug-likeness (QED) is 0.792. The molecule has 0 fully saturated rings. The molecule has 0 aromatic heterocycles. The van der Waals surface area contributed by atoms with E-state index in [1.165, 1.54) is 11.1 Å². The Hall–Kier alpha value is -2.29. The normalized spacial score (nSPS) is 14.0. The van der Waals surface area contributed by atoms with Crippen LogP contribution in [-0.2, 0) is 13.0 Å². The SMILES string of the molecule is Nc1ccccc1C(=O)N1CCc2ccccc2C1. The van der Waals surface area contributed by atoms with E-state index in [2.05, 4.69) is 12.1 Å². The summed E-state index contributed by atoms with van der Waals surface area (Å²) in [5.41, 5.74) is 9.60. The number of anilines is 1. The molecular weight excluding hydrogens is 236 g/mol. The van der Waals surface area contributed by atoms with Crippen LogP contribution in [0.4, 0.5) is 5.69 Å². The number of nitrogens with zero attached hydrogens (tertiary/aromatic N) is 1. The van der Waals surface area contributed by atoms with E-state index < -0.39 is 0 Å². The second-order valence-corrected chi connectivity index (χ2v) is 4.83. The first-order valence-electron chi connectivity index (χ1n) is 6.46. The third-order valence-corrected chi connectivity index (χ3v) is 3.61. The van der Waals surface area contributed by atoms with Gasteiger partial charge in [0.05, 0.1) is 5.56 Å². The van der Waals surface area contributed by atoms with Gasteiger partial charge in [0.2, 0.25) is 0 Å². The number of amides is 1. The molecule has 3 nitrogen and oxygen atoms in total. The molecule has 1 aliphatic rings. The van der Waals surface area contributed by atoms with Crippen molar-refractivity contribution in [3.05, 3.63) is 65.2 Å². The molecule has 0 saturated heterocycles. The summed E-state index contributed by atoms with van der Waals surface area (Å²) in [5, 5.41) is 0. The molecule has 2 aromatic carbocycles. The van der Waals surface area contributed by atoms with Crippen molar-refractivity contribution in [3.63, 3.8) is 0 Å². The van der Waals surface area contributed by atoms with E-state index in [0.717, 1.165) is 13.0 Å². The predicted molar refractivity (Wildman–Crippen MR) is 75.7 cm³/mol. The van der Waals surface area contributed by atoms with Crippen molar-refractivity contribution in [2.45, 2.75) is 13.0 Å². The predicted octanol–water partition coefficient (Wildman–Crippen LogP) is 2.47. The Balaban J connectivity index is 1.86. The van der Waals surface area contributed by atoms with Crippen LogP contribution in [0.5, 0.6) is 0 Å². The minimum absolute atomic E-state index is 0.0209. The van der Waals surface area contributed by atoms with Gasteiger partial charge in [0.25, 0.3) is 5.91 Å². The highest BCUT2D eigenvalue weighted by Gasteiger charge is 2.22. The van der Waals surface area contributed by atoms with Crippen LogP contribution in [0.25, 0.3) is 0 Å². The highest BCUT2D eigenvalue weighted by molar-refractivity contribution is 5.99. The topological polar surface area (TPSA) is 46.3 Å². The molecule has 3 heteroatoms. The molecule has 0 unspecified atom stereocenters. The zero-order chi connectivity index (χ0) is 13.2. The summed E-state index contributed by atoms with van der Waals surface area (Å²) in [6, 6.07) is 15.5. The summed E-state index contributed by atoms with van der Waals surface area (Å²) in [7, 11) is 0. The van der Waals surface area contributed by atoms with Crippen LogP contribution < -0.4 is 5.73 Å². The van der Waals surface area contributed by atoms with Crippen LogP contribution >= 0.6 is 0 Å². The van der Waals surface area contributed by atoms with E-state index in [9.17, 15) is 4.79 Å². The van der Waals surface area contributed by atoms with Gasteiger partial charge in [-0.3, -0.25) is 4.79 Å². The highest BCUT2D eigenvalue weighted by atomic mass is 16.2. The largest absolute Gasteiger partial charge is 0.398 e. The highest BCUT2D eigenvalue weighted by Crippen LogP contribution is 2.21. The molecule has 2 N–H and O–H groups in total. The number of fused-ring (bicyclic) bond motifs is 1. The maximum absolute atomic E-state index is 12.5. The number of benzene rings is 2. The van der Waals surface area contributed by atoms with E-state index >= 15 is 0 Å². The van der Waals surface area contributed by atoms with E-state index in [4.69, 9.17) is 5.73 Å². The zero-order valence-corrected chi connectivity index (χ0v) is 10.7. The summed E-state index contributed by atoms with van der Waals surface area (Å²) in [5.74, 6) is 0.0209. The number of para-hydroxylation sites is 1. The third-order valence-electron chi connectivity index (χ3n) is 3.61. The van der Waals surface area contributed by atoms with Crippen LogP contribution in [0.2, 0.25) is 0 Å². The molecule has 96 valence electrons. The standard InChI is InChI=1S/C16H16N2O/c17-15-8-4-3-7-14(15)16(19)18-10-9-12-5-1-2-6-13(12)11-18/h1-8H,9-11,17H2. The number of rotatable bonds is 1. The molecule has 0 spiro atoms. The summed E-state index contributed by atoms with van der Waals surface area (Å²) in [6.07, 6.45) is 0.911. The second-order valence-electron chi connectivity index (χ2n) is 4.83. The average molecular weight is 252 g/mol. The van der Waals surface area contributed by atoms with E-state index in [0.29, 0.717) is 17.8 Å². The first-order valence-corrected chi connectivity index (χ1v) is 6.46. The molecule has 0 bridgehead atoms. The van der Waals surface area contributed by atoms with Crippen molar-refractivity contribution >= 4 is 11.6 Å². The Bertz CT molecular complexity index is 622. The van der Waals surface area contributed by atoms with Gasteiger partial charge in [-0.15, -0.1) is 0 Å². The number of hydrogen-bond donors (Lipinski definition) is 1. The molecule has 3 rings (SSSR count). The molecule has 0 radical (unpaired) electrons. The zero-order valence-electron chi connectivity index (χ0n) is 10.7. The molecule has 19 heavy (non-hydrogen) atoms. The van der Waals surface area contributed by atoms with Gasteiger partial charge in [-0.25, -0.2) is 0 Å². The Morgan fingerprint density at radius 1 is 1.00 bits per heavy atom. The smallest absolute Gasteiger partial charge is 0.256 e. The Morgan fingerprint density at radius 3 is 2.47 bits per heavy atom. The fourth-order valence-corrected chi connectivity index (χ4v) is 2.53. The molecule has 1 aliphatic heterocycles. The lowest BCUT2D eigenvalue weighted by molar-refractivity contribution is 0.0736. The van der Waals surface area contributed by atoms with Crippen molar-refractivity contribution < 1.29 is 4.79 Å². The van der Waals surface area contributed by atoms with Crippen LogP contribution in [0, 0.1) is 0 Å².